The molecule has 7 heteroatoms. The van der Waals surface area contributed by atoms with Crippen LogP contribution in [0.4, 0.5) is 11.5 Å². The number of rotatable bonds is 5. The summed E-state index contributed by atoms with van der Waals surface area (Å²) < 4.78 is 10.4. The normalized spacial score (nSPS) is 10.1. The first-order chi connectivity index (χ1) is 9.60. The SMILES string of the molecule is COc1ccc(COc2nc(N)ccc2[N+](=O)[O-])cc1. The fraction of sp³-hybridized carbons (Fsp3) is 0.154. The van der Waals surface area contributed by atoms with Crippen molar-refractivity contribution in [3.8, 4) is 11.6 Å². The van der Waals surface area contributed by atoms with Gasteiger partial charge in [-0.3, -0.25) is 10.1 Å². The van der Waals surface area contributed by atoms with Gasteiger partial charge in [-0.1, -0.05) is 12.1 Å². The Kier molecular flexibility index (Phi) is 3.99. The number of pyridine rings is 1. The van der Waals surface area contributed by atoms with Crippen LogP contribution in [0.3, 0.4) is 0 Å². The van der Waals surface area contributed by atoms with E-state index in [0.29, 0.717) is 0 Å². The molecular weight excluding hydrogens is 262 g/mol. The van der Waals surface area contributed by atoms with Gasteiger partial charge in [-0.15, -0.1) is 0 Å². The molecule has 104 valence electrons. The third kappa shape index (κ3) is 3.14. The lowest BCUT2D eigenvalue weighted by molar-refractivity contribution is -0.386. The van der Waals surface area contributed by atoms with E-state index in [2.05, 4.69) is 4.98 Å². The summed E-state index contributed by atoms with van der Waals surface area (Å²) >= 11 is 0. The molecule has 0 atom stereocenters. The molecule has 0 aliphatic rings. The molecule has 7 nitrogen and oxygen atoms in total. The van der Waals surface area contributed by atoms with Crippen molar-refractivity contribution in [3.63, 3.8) is 0 Å². The third-order valence-corrected chi connectivity index (χ3v) is 2.59. The summed E-state index contributed by atoms with van der Waals surface area (Å²) in [6.45, 7) is 0.154. The Labute approximate surface area is 115 Å². The van der Waals surface area contributed by atoms with Gasteiger partial charge in [0.15, 0.2) is 0 Å². The highest BCUT2D eigenvalue weighted by molar-refractivity contribution is 5.47. The zero-order valence-corrected chi connectivity index (χ0v) is 10.8. The smallest absolute Gasteiger partial charge is 0.331 e. The van der Waals surface area contributed by atoms with Crippen molar-refractivity contribution in [2.75, 3.05) is 12.8 Å². The zero-order chi connectivity index (χ0) is 14.5. The number of nitrogen functional groups attached to an aromatic ring is 1. The fourth-order valence-corrected chi connectivity index (χ4v) is 1.57. The molecule has 0 bridgehead atoms. The second-order valence-corrected chi connectivity index (χ2v) is 3.95. The van der Waals surface area contributed by atoms with Crippen molar-refractivity contribution in [2.24, 2.45) is 0 Å². The zero-order valence-electron chi connectivity index (χ0n) is 10.8. The van der Waals surface area contributed by atoms with Crippen LogP contribution >= 0.6 is 0 Å². The molecule has 1 heterocycles. The number of aromatic nitrogens is 1. The molecule has 0 fully saturated rings. The average Bonchev–Trinajstić information content (AvgIpc) is 2.45. The number of benzene rings is 1. The van der Waals surface area contributed by atoms with Crippen LogP contribution in [0.25, 0.3) is 0 Å². The van der Waals surface area contributed by atoms with Crippen molar-refractivity contribution in [1.82, 2.24) is 4.98 Å². The van der Waals surface area contributed by atoms with Crippen LogP contribution in [-0.2, 0) is 6.61 Å². The molecule has 0 aliphatic heterocycles. The van der Waals surface area contributed by atoms with Gasteiger partial charge in [-0.05, 0) is 23.8 Å². The Morgan fingerprint density at radius 2 is 1.95 bits per heavy atom. The van der Waals surface area contributed by atoms with Gasteiger partial charge < -0.3 is 15.2 Å². The van der Waals surface area contributed by atoms with Crippen LogP contribution in [0.15, 0.2) is 36.4 Å². The third-order valence-electron chi connectivity index (χ3n) is 2.59. The largest absolute Gasteiger partial charge is 0.497 e. The number of hydrogen-bond donors (Lipinski definition) is 1. The standard InChI is InChI=1S/C13H13N3O4/c1-19-10-4-2-9(3-5-10)8-20-13-11(16(17)18)6-7-12(14)15-13/h2-7H,8H2,1H3,(H2,14,15). The van der Waals surface area contributed by atoms with Crippen molar-refractivity contribution >= 4 is 11.5 Å². The van der Waals surface area contributed by atoms with E-state index in [1.54, 1.807) is 31.4 Å². The Balaban J connectivity index is 2.13. The number of nitrogens with zero attached hydrogens (tertiary/aromatic N) is 2. The van der Waals surface area contributed by atoms with Crippen molar-refractivity contribution in [3.05, 3.63) is 52.1 Å². The first kappa shape index (κ1) is 13.6. The molecule has 1 aromatic heterocycles. The molecule has 0 radical (unpaired) electrons. The topological polar surface area (TPSA) is 101 Å². The van der Waals surface area contributed by atoms with Crippen LogP contribution in [0.5, 0.6) is 11.6 Å². The minimum Gasteiger partial charge on any atom is -0.497 e. The van der Waals surface area contributed by atoms with Gasteiger partial charge in [0.1, 0.15) is 18.2 Å². The van der Waals surface area contributed by atoms with E-state index in [0.717, 1.165) is 11.3 Å². The minimum atomic E-state index is -0.560. The summed E-state index contributed by atoms with van der Waals surface area (Å²) in [7, 11) is 1.57. The lowest BCUT2D eigenvalue weighted by Crippen LogP contribution is -2.03. The average molecular weight is 275 g/mol. The molecule has 0 saturated heterocycles. The van der Waals surface area contributed by atoms with Gasteiger partial charge >= 0.3 is 5.69 Å². The first-order valence-corrected chi connectivity index (χ1v) is 5.77. The fourth-order valence-electron chi connectivity index (χ4n) is 1.57. The molecule has 0 spiro atoms. The number of ether oxygens (including phenoxy) is 2. The maximum Gasteiger partial charge on any atom is 0.331 e. The second kappa shape index (κ2) is 5.87. The van der Waals surface area contributed by atoms with E-state index < -0.39 is 4.92 Å². The van der Waals surface area contributed by atoms with Crippen molar-refractivity contribution in [2.45, 2.75) is 6.61 Å². The molecule has 2 N–H and O–H groups in total. The number of nitrogens with two attached hydrogens (primary N) is 1. The van der Waals surface area contributed by atoms with Crippen LogP contribution in [0.1, 0.15) is 5.56 Å². The molecule has 1 aromatic carbocycles. The molecule has 20 heavy (non-hydrogen) atoms. The van der Waals surface area contributed by atoms with E-state index in [-0.39, 0.29) is 24.0 Å². The summed E-state index contributed by atoms with van der Waals surface area (Å²) in [6.07, 6.45) is 0. The maximum absolute atomic E-state index is 10.9. The summed E-state index contributed by atoms with van der Waals surface area (Å²) in [5.41, 5.74) is 6.13. The lowest BCUT2D eigenvalue weighted by Gasteiger charge is -2.07. The highest BCUT2D eigenvalue weighted by atomic mass is 16.6. The van der Waals surface area contributed by atoms with Crippen LogP contribution in [0.2, 0.25) is 0 Å². The van der Waals surface area contributed by atoms with Gasteiger partial charge in [-0.2, -0.15) is 4.98 Å². The van der Waals surface area contributed by atoms with Crippen LogP contribution < -0.4 is 15.2 Å². The molecule has 0 saturated carbocycles. The molecule has 0 unspecified atom stereocenters. The van der Waals surface area contributed by atoms with Gasteiger partial charge in [0.05, 0.1) is 12.0 Å². The molecular formula is C13H13N3O4. The predicted octanol–water partition coefficient (Wildman–Crippen LogP) is 2.16. The number of nitro groups is 1. The monoisotopic (exact) mass is 275 g/mol. The van der Waals surface area contributed by atoms with Gasteiger partial charge in [0.2, 0.25) is 0 Å². The van der Waals surface area contributed by atoms with E-state index in [1.807, 2.05) is 0 Å². The molecule has 0 amide bonds. The Morgan fingerprint density at radius 3 is 2.55 bits per heavy atom. The van der Waals surface area contributed by atoms with E-state index >= 15 is 0 Å². The summed E-state index contributed by atoms with van der Waals surface area (Å²) in [6, 6.07) is 9.79. The number of methoxy groups -OCH3 is 1. The molecule has 0 aliphatic carbocycles. The highest BCUT2D eigenvalue weighted by Crippen LogP contribution is 2.26. The van der Waals surface area contributed by atoms with Gasteiger partial charge in [0.25, 0.3) is 5.88 Å². The van der Waals surface area contributed by atoms with Crippen molar-refractivity contribution < 1.29 is 14.4 Å². The first-order valence-electron chi connectivity index (χ1n) is 5.77. The highest BCUT2D eigenvalue weighted by Gasteiger charge is 2.17. The van der Waals surface area contributed by atoms with E-state index in [1.165, 1.54) is 12.1 Å². The van der Waals surface area contributed by atoms with Crippen LogP contribution in [-0.4, -0.2) is 17.0 Å². The lowest BCUT2D eigenvalue weighted by atomic mass is 10.2. The summed E-state index contributed by atoms with van der Waals surface area (Å²) in [4.78, 5) is 14.1. The number of hydrogen-bond acceptors (Lipinski definition) is 6. The number of anilines is 1. The van der Waals surface area contributed by atoms with Gasteiger partial charge in [0, 0.05) is 6.07 Å². The summed E-state index contributed by atoms with van der Waals surface area (Å²) in [5.74, 6) is 0.799. The van der Waals surface area contributed by atoms with Crippen LogP contribution in [0, 0.1) is 10.1 Å². The summed E-state index contributed by atoms with van der Waals surface area (Å²) in [5, 5.41) is 10.9. The van der Waals surface area contributed by atoms with E-state index in [9.17, 15) is 10.1 Å². The quantitative estimate of drug-likeness (QED) is 0.662. The van der Waals surface area contributed by atoms with Gasteiger partial charge in [-0.25, -0.2) is 0 Å². The second-order valence-electron chi connectivity index (χ2n) is 3.95. The minimum absolute atomic E-state index is 0.0918. The maximum atomic E-state index is 10.9. The molecule has 2 aromatic rings. The Bertz CT molecular complexity index is 614. The molecule has 2 rings (SSSR count). The van der Waals surface area contributed by atoms with E-state index in [4.69, 9.17) is 15.2 Å². The van der Waals surface area contributed by atoms with Crippen molar-refractivity contribution in [1.29, 1.82) is 0 Å². The predicted molar refractivity (Wildman–Crippen MR) is 72.6 cm³/mol. The Hall–Kier alpha value is -2.83. The Morgan fingerprint density at radius 1 is 1.25 bits per heavy atom.